The third-order valence-electron chi connectivity index (χ3n) is 4.53. The maximum atomic E-state index is 12.6. The highest BCUT2D eigenvalue weighted by atomic mass is 16.6. The van der Waals surface area contributed by atoms with Crippen LogP contribution in [-0.2, 0) is 32.1 Å². The number of primary amides is 2. The Balaban J connectivity index is 2.61. The number of hydrogen-bond acceptors (Lipinski definition) is 5. The number of carbonyl (C=O) groups is 4. The van der Waals surface area contributed by atoms with Crippen molar-refractivity contribution in [2.45, 2.75) is 83.9 Å². The molecule has 1 aromatic carbocycles. The van der Waals surface area contributed by atoms with Crippen molar-refractivity contribution in [3.63, 3.8) is 0 Å². The molecule has 1 atom stereocenters. The summed E-state index contributed by atoms with van der Waals surface area (Å²) >= 11 is 0. The lowest BCUT2D eigenvalue weighted by Crippen LogP contribution is -2.48. The van der Waals surface area contributed by atoms with Gasteiger partial charge in [-0.2, -0.15) is 0 Å². The van der Waals surface area contributed by atoms with E-state index in [-0.39, 0.29) is 25.3 Å². The lowest BCUT2D eigenvalue weighted by atomic mass is 10.0. The summed E-state index contributed by atoms with van der Waals surface area (Å²) in [4.78, 5) is 46.6. The molecule has 0 heterocycles. The van der Waals surface area contributed by atoms with Crippen LogP contribution in [0.4, 0.5) is 4.79 Å². The maximum absolute atomic E-state index is 12.6. The van der Waals surface area contributed by atoms with E-state index in [0.29, 0.717) is 6.42 Å². The third-order valence-corrected chi connectivity index (χ3v) is 4.53. The van der Waals surface area contributed by atoms with Gasteiger partial charge in [-0.3, -0.25) is 14.4 Å². The van der Waals surface area contributed by atoms with E-state index in [4.69, 9.17) is 16.2 Å². The molecule has 0 aliphatic carbocycles. The summed E-state index contributed by atoms with van der Waals surface area (Å²) in [5, 5.41) is 5.30. The van der Waals surface area contributed by atoms with Gasteiger partial charge in [0, 0.05) is 19.4 Å². The highest BCUT2D eigenvalue weighted by molar-refractivity contribution is 5.86. The fourth-order valence-electron chi connectivity index (χ4n) is 3.02. The molecule has 178 valence electrons. The Morgan fingerprint density at radius 1 is 0.969 bits per heavy atom. The zero-order chi connectivity index (χ0) is 24.1. The molecule has 6 N–H and O–H groups in total. The molecule has 4 amide bonds. The smallest absolute Gasteiger partial charge is 0.408 e. The van der Waals surface area contributed by atoms with Crippen LogP contribution in [0.25, 0.3) is 0 Å². The van der Waals surface area contributed by atoms with E-state index in [0.717, 1.165) is 36.8 Å². The van der Waals surface area contributed by atoms with Gasteiger partial charge in [-0.05, 0) is 57.6 Å². The second-order valence-electron chi connectivity index (χ2n) is 8.77. The average Bonchev–Trinajstić information content (AvgIpc) is 2.67. The van der Waals surface area contributed by atoms with Gasteiger partial charge in [-0.1, -0.05) is 30.7 Å². The lowest BCUT2D eigenvalue weighted by molar-refractivity contribution is -0.124. The Bertz CT molecular complexity index is 789. The first-order valence-electron chi connectivity index (χ1n) is 10.9. The van der Waals surface area contributed by atoms with Gasteiger partial charge >= 0.3 is 6.09 Å². The molecule has 1 rings (SSSR count). The molecule has 0 radical (unpaired) electrons. The van der Waals surface area contributed by atoms with Gasteiger partial charge in [0.15, 0.2) is 0 Å². The molecular weight excluding hydrogens is 412 g/mol. The van der Waals surface area contributed by atoms with Gasteiger partial charge < -0.3 is 26.8 Å². The average molecular weight is 449 g/mol. The molecule has 0 spiro atoms. The molecule has 1 aromatic rings. The van der Waals surface area contributed by atoms with Crippen LogP contribution in [0.15, 0.2) is 24.3 Å². The van der Waals surface area contributed by atoms with E-state index in [1.807, 2.05) is 24.3 Å². The number of nitrogens with two attached hydrogens (primary N) is 2. The van der Waals surface area contributed by atoms with Crippen molar-refractivity contribution in [2.24, 2.45) is 11.5 Å². The Morgan fingerprint density at radius 3 is 2.25 bits per heavy atom. The fraction of sp³-hybridized carbons (Fsp3) is 0.565. The van der Waals surface area contributed by atoms with Crippen LogP contribution >= 0.6 is 0 Å². The van der Waals surface area contributed by atoms with E-state index in [2.05, 4.69) is 10.6 Å². The summed E-state index contributed by atoms with van der Waals surface area (Å²) in [6.45, 7) is 5.43. The van der Waals surface area contributed by atoms with E-state index in [1.54, 1.807) is 20.8 Å². The molecule has 0 aromatic heterocycles. The van der Waals surface area contributed by atoms with Crippen molar-refractivity contribution in [3.05, 3.63) is 35.4 Å². The van der Waals surface area contributed by atoms with Gasteiger partial charge in [0.1, 0.15) is 11.6 Å². The van der Waals surface area contributed by atoms with Gasteiger partial charge in [0.25, 0.3) is 0 Å². The van der Waals surface area contributed by atoms with E-state index in [9.17, 15) is 19.2 Å². The third kappa shape index (κ3) is 12.6. The maximum Gasteiger partial charge on any atom is 0.408 e. The van der Waals surface area contributed by atoms with Gasteiger partial charge in [-0.15, -0.1) is 0 Å². The Morgan fingerprint density at radius 2 is 1.62 bits per heavy atom. The van der Waals surface area contributed by atoms with Crippen molar-refractivity contribution < 1.29 is 23.9 Å². The molecule has 32 heavy (non-hydrogen) atoms. The largest absolute Gasteiger partial charge is 0.444 e. The van der Waals surface area contributed by atoms with Crippen molar-refractivity contribution in [3.8, 4) is 0 Å². The van der Waals surface area contributed by atoms with Crippen LogP contribution < -0.4 is 22.1 Å². The second-order valence-corrected chi connectivity index (χ2v) is 8.77. The van der Waals surface area contributed by atoms with Crippen LogP contribution in [0.5, 0.6) is 0 Å². The second kappa shape index (κ2) is 13.3. The van der Waals surface area contributed by atoms with Crippen LogP contribution in [0, 0.1) is 0 Å². The predicted octanol–water partition coefficient (Wildman–Crippen LogP) is 2.05. The fourth-order valence-corrected chi connectivity index (χ4v) is 3.02. The highest BCUT2D eigenvalue weighted by Crippen LogP contribution is 2.11. The molecule has 0 aliphatic rings. The summed E-state index contributed by atoms with van der Waals surface area (Å²) in [6, 6.07) is 6.90. The minimum Gasteiger partial charge on any atom is -0.444 e. The number of carbonyl (C=O) groups excluding carboxylic acids is 4. The first-order valence-corrected chi connectivity index (χ1v) is 10.9. The minimum absolute atomic E-state index is 0.0425. The normalized spacial score (nSPS) is 12.0. The van der Waals surface area contributed by atoms with Crippen molar-refractivity contribution in [1.82, 2.24) is 10.6 Å². The molecular formula is C23H36N4O5. The standard InChI is InChI=1S/C23H36N4O5/c1-23(2,3)32-22(31)27-18(12-13-20(25)29)21(30)26-15-17-10-7-9-16(14-17)8-5-4-6-11-19(24)28/h7,9-10,14,18H,4-6,8,11-13,15H2,1-3H3,(H2,24,28)(H2,25,29)(H,26,30)(H,27,31)/t18-/m0/s1. The van der Waals surface area contributed by atoms with Crippen molar-refractivity contribution in [2.75, 3.05) is 0 Å². The zero-order valence-electron chi connectivity index (χ0n) is 19.2. The number of amides is 4. The number of alkyl carbamates (subject to hydrolysis) is 1. The quantitative estimate of drug-likeness (QED) is 0.340. The molecule has 9 nitrogen and oxygen atoms in total. The predicted molar refractivity (Wildman–Crippen MR) is 121 cm³/mol. The van der Waals surface area contributed by atoms with Crippen molar-refractivity contribution in [1.29, 1.82) is 0 Å². The number of unbranched alkanes of at least 4 members (excludes halogenated alkanes) is 2. The molecule has 0 aliphatic heterocycles. The van der Waals surface area contributed by atoms with Gasteiger partial charge in [0.05, 0.1) is 0 Å². The topological polar surface area (TPSA) is 154 Å². The van der Waals surface area contributed by atoms with Crippen LogP contribution in [0.1, 0.15) is 70.4 Å². The van der Waals surface area contributed by atoms with Gasteiger partial charge in [-0.25, -0.2) is 4.79 Å². The number of rotatable bonds is 13. The molecule has 0 fully saturated rings. The first-order chi connectivity index (χ1) is 15.0. The summed E-state index contributed by atoms with van der Waals surface area (Å²) in [5.74, 6) is -1.26. The summed E-state index contributed by atoms with van der Waals surface area (Å²) in [6.07, 6.45) is 3.20. The number of ether oxygens (including phenoxy) is 1. The molecule has 0 saturated heterocycles. The Labute approximate surface area is 189 Å². The van der Waals surface area contributed by atoms with E-state index in [1.165, 1.54) is 0 Å². The minimum atomic E-state index is -0.939. The number of benzene rings is 1. The number of nitrogens with one attached hydrogen (secondary N) is 2. The summed E-state index contributed by atoms with van der Waals surface area (Å²) in [5.41, 5.74) is 11.7. The SMILES string of the molecule is CC(C)(C)OC(=O)N[C@@H](CCC(N)=O)C(=O)NCc1cccc(CCCCCC(N)=O)c1. The van der Waals surface area contributed by atoms with Gasteiger partial charge in [0.2, 0.25) is 17.7 Å². The van der Waals surface area contributed by atoms with E-state index >= 15 is 0 Å². The van der Waals surface area contributed by atoms with Crippen LogP contribution in [-0.4, -0.2) is 35.5 Å². The van der Waals surface area contributed by atoms with Crippen molar-refractivity contribution >= 4 is 23.8 Å². The lowest BCUT2D eigenvalue weighted by Gasteiger charge is -2.23. The Hall–Kier alpha value is -3.10. The molecule has 9 heteroatoms. The monoisotopic (exact) mass is 448 g/mol. The highest BCUT2D eigenvalue weighted by Gasteiger charge is 2.24. The van der Waals surface area contributed by atoms with Crippen LogP contribution in [0.3, 0.4) is 0 Å². The molecule has 0 bridgehead atoms. The summed E-state index contributed by atoms with van der Waals surface area (Å²) < 4.78 is 5.20. The molecule has 0 saturated carbocycles. The number of aryl methyl sites for hydroxylation is 1. The van der Waals surface area contributed by atoms with E-state index < -0.39 is 29.6 Å². The van der Waals surface area contributed by atoms with Crippen LogP contribution in [0.2, 0.25) is 0 Å². The number of hydrogen-bond donors (Lipinski definition) is 4. The zero-order valence-corrected chi connectivity index (χ0v) is 19.2. The molecule has 0 unspecified atom stereocenters. The summed E-state index contributed by atoms with van der Waals surface area (Å²) in [7, 11) is 0. The first kappa shape index (κ1) is 26.9. The Kier molecular flexibility index (Phi) is 11.2.